The van der Waals surface area contributed by atoms with Crippen molar-refractivity contribution in [1.29, 1.82) is 0 Å². The Morgan fingerprint density at radius 3 is 2.55 bits per heavy atom. The highest BCUT2D eigenvalue weighted by Gasteiger charge is 2.42. The Bertz CT molecular complexity index is 1520. The van der Waals surface area contributed by atoms with Gasteiger partial charge in [0.1, 0.15) is 0 Å². The van der Waals surface area contributed by atoms with Gasteiger partial charge in [-0.1, -0.05) is 35.0 Å². The number of carbonyl (C=O) groups is 1. The number of hydrogen-bond donors (Lipinski definition) is 2. The lowest BCUT2D eigenvalue weighted by Gasteiger charge is -2.29. The summed E-state index contributed by atoms with van der Waals surface area (Å²) >= 11 is 9.56. The van der Waals surface area contributed by atoms with E-state index >= 15 is 0 Å². The second kappa shape index (κ2) is 10.7. The molecule has 8 heteroatoms. The molecule has 2 unspecified atom stereocenters. The van der Waals surface area contributed by atoms with Crippen LogP contribution in [-0.2, 0) is 4.79 Å². The van der Waals surface area contributed by atoms with Crippen molar-refractivity contribution in [3.63, 3.8) is 0 Å². The third kappa shape index (κ3) is 4.86. The van der Waals surface area contributed by atoms with E-state index in [-0.39, 0.29) is 18.0 Å². The van der Waals surface area contributed by atoms with Crippen molar-refractivity contribution in [3.05, 3.63) is 106 Å². The molecule has 6 nitrogen and oxygen atoms in total. The van der Waals surface area contributed by atoms with Crippen molar-refractivity contribution in [2.24, 2.45) is 0 Å². The lowest BCUT2D eigenvalue weighted by molar-refractivity contribution is -0.115. The third-order valence-electron chi connectivity index (χ3n) is 7.04. The number of aromatic nitrogens is 2. The first-order valence-corrected chi connectivity index (χ1v) is 13.8. The van der Waals surface area contributed by atoms with Gasteiger partial charge in [-0.3, -0.25) is 9.78 Å². The van der Waals surface area contributed by atoms with Crippen LogP contribution in [0.2, 0.25) is 0 Å². The van der Waals surface area contributed by atoms with Crippen LogP contribution in [0.4, 0.5) is 11.4 Å². The molecule has 194 valence electrons. The lowest BCUT2D eigenvalue weighted by atomic mass is 9.96. The SMILES string of the molecule is CCC(=O)Nc1ccc(N2C(=S)NC(c3ccccn3)C2c2cc(C)n(-c3cccc(Br)c3)c2C)cc1C. The maximum absolute atomic E-state index is 12.0. The first-order valence-electron chi connectivity index (χ1n) is 12.6. The van der Waals surface area contributed by atoms with Gasteiger partial charge in [0, 0.05) is 45.5 Å². The molecule has 0 spiro atoms. The number of carbonyl (C=O) groups excluding carboxylic acids is 1. The van der Waals surface area contributed by atoms with E-state index in [2.05, 4.69) is 80.2 Å². The van der Waals surface area contributed by atoms with Gasteiger partial charge in [-0.15, -0.1) is 0 Å². The van der Waals surface area contributed by atoms with Crippen LogP contribution < -0.4 is 15.5 Å². The number of nitrogens with one attached hydrogen (secondary N) is 2. The van der Waals surface area contributed by atoms with Crippen LogP contribution in [0.25, 0.3) is 5.69 Å². The first kappa shape index (κ1) is 26.1. The molecule has 1 aliphatic heterocycles. The number of halogens is 1. The molecular formula is C30H30BrN5OS. The van der Waals surface area contributed by atoms with Crippen LogP contribution in [0.5, 0.6) is 0 Å². The fourth-order valence-corrected chi connectivity index (χ4v) is 5.96. The molecule has 5 rings (SSSR count). The van der Waals surface area contributed by atoms with Gasteiger partial charge in [0.15, 0.2) is 5.11 Å². The van der Waals surface area contributed by atoms with E-state index in [0.29, 0.717) is 11.5 Å². The first-order chi connectivity index (χ1) is 18.3. The highest BCUT2D eigenvalue weighted by atomic mass is 79.9. The van der Waals surface area contributed by atoms with Crippen LogP contribution in [0, 0.1) is 20.8 Å². The predicted molar refractivity (Wildman–Crippen MR) is 161 cm³/mol. The Morgan fingerprint density at radius 1 is 1.05 bits per heavy atom. The van der Waals surface area contributed by atoms with E-state index in [1.54, 1.807) is 0 Å². The average Bonchev–Trinajstić information content (AvgIpc) is 3.40. The molecule has 38 heavy (non-hydrogen) atoms. The third-order valence-corrected chi connectivity index (χ3v) is 7.84. The molecule has 2 aromatic heterocycles. The summed E-state index contributed by atoms with van der Waals surface area (Å²) in [5.74, 6) is -0.00714. The monoisotopic (exact) mass is 587 g/mol. The summed E-state index contributed by atoms with van der Waals surface area (Å²) in [5.41, 5.74) is 8.24. The average molecular weight is 589 g/mol. The van der Waals surface area contributed by atoms with Crippen molar-refractivity contribution in [2.75, 3.05) is 10.2 Å². The van der Waals surface area contributed by atoms with E-state index < -0.39 is 0 Å². The Balaban J connectivity index is 1.64. The van der Waals surface area contributed by atoms with Crippen molar-refractivity contribution in [2.45, 2.75) is 46.2 Å². The summed E-state index contributed by atoms with van der Waals surface area (Å²) in [7, 11) is 0. The van der Waals surface area contributed by atoms with E-state index in [1.807, 2.05) is 56.4 Å². The smallest absolute Gasteiger partial charge is 0.224 e. The molecular weight excluding hydrogens is 558 g/mol. The Hall–Kier alpha value is -3.49. The molecule has 0 saturated carbocycles. The van der Waals surface area contributed by atoms with Crippen LogP contribution in [-0.4, -0.2) is 20.6 Å². The topological polar surface area (TPSA) is 62.2 Å². The number of benzene rings is 2. The molecule has 1 amide bonds. The molecule has 0 radical (unpaired) electrons. The molecule has 1 saturated heterocycles. The van der Waals surface area contributed by atoms with Crippen molar-refractivity contribution in [3.8, 4) is 5.69 Å². The van der Waals surface area contributed by atoms with Crippen LogP contribution in [0.1, 0.15) is 53.6 Å². The fourth-order valence-electron chi connectivity index (χ4n) is 5.23. The van der Waals surface area contributed by atoms with Gasteiger partial charge < -0.3 is 20.1 Å². The van der Waals surface area contributed by atoms with Gasteiger partial charge in [-0.2, -0.15) is 0 Å². The van der Waals surface area contributed by atoms with Crippen molar-refractivity contribution in [1.82, 2.24) is 14.9 Å². The van der Waals surface area contributed by atoms with Crippen LogP contribution >= 0.6 is 28.1 Å². The highest BCUT2D eigenvalue weighted by Crippen LogP contribution is 2.44. The Kier molecular flexibility index (Phi) is 7.36. The van der Waals surface area contributed by atoms with E-state index in [1.165, 1.54) is 5.56 Å². The molecule has 3 heterocycles. The molecule has 0 aliphatic carbocycles. The minimum atomic E-state index is -0.139. The summed E-state index contributed by atoms with van der Waals surface area (Å²) in [6.45, 7) is 8.15. The van der Waals surface area contributed by atoms with Crippen molar-refractivity contribution < 1.29 is 4.79 Å². The van der Waals surface area contributed by atoms with Crippen LogP contribution in [0.15, 0.2) is 77.4 Å². The second-order valence-electron chi connectivity index (χ2n) is 9.54. The lowest BCUT2D eigenvalue weighted by Crippen LogP contribution is -2.29. The molecule has 2 aromatic carbocycles. The molecule has 2 atom stereocenters. The number of hydrogen-bond acceptors (Lipinski definition) is 3. The standard InChI is InChI=1S/C30H30BrN5OS/c1-5-27(37)33-25-13-12-23(15-18(25)2)36-29(28(34-30(36)38)26-11-6-7-14-32-26)24-16-19(3)35(20(24)4)22-10-8-9-21(31)17-22/h6-17,28-29H,5H2,1-4H3,(H,33,37)(H,34,38). The Labute approximate surface area is 237 Å². The number of rotatable bonds is 6. The molecule has 1 aliphatic rings. The van der Waals surface area contributed by atoms with Crippen molar-refractivity contribution >= 4 is 50.5 Å². The predicted octanol–water partition coefficient (Wildman–Crippen LogP) is 7.09. The van der Waals surface area contributed by atoms with E-state index in [0.717, 1.165) is 44.2 Å². The van der Waals surface area contributed by atoms with Gasteiger partial charge in [-0.25, -0.2) is 0 Å². The molecule has 4 aromatic rings. The van der Waals surface area contributed by atoms with Gasteiger partial charge >= 0.3 is 0 Å². The van der Waals surface area contributed by atoms with Gasteiger partial charge in [0.2, 0.25) is 5.91 Å². The fraction of sp³-hybridized carbons (Fsp3) is 0.233. The number of thiocarbonyl (C=S) groups is 1. The summed E-state index contributed by atoms with van der Waals surface area (Å²) in [6.07, 6.45) is 2.25. The summed E-state index contributed by atoms with van der Waals surface area (Å²) < 4.78 is 3.32. The van der Waals surface area contributed by atoms with E-state index in [9.17, 15) is 4.79 Å². The Morgan fingerprint density at radius 2 is 1.87 bits per heavy atom. The number of nitrogens with zero attached hydrogens (tertiary/aromatic N) is 3. The molecule has 2 N–H and O–H groups in total. The number of pyridine rings is 1. The maximum atomic E-state index is 12.0. The number of aryl methyl sites for hydroxylation is 2. The largest absolute Gasteiger partial charge is 0.351 e. The maximum Gasteiger partial charge on any atom is 0.224 e. The van der Waals surface area contributed by atoms with Crippen LogP contribution in [0.3, 0.4) is 0 Å². The minimum absolute atomic E-state index is 0.00714. The quantitative estimate of drug-likeness (QED) is 0.236. The highest BCUT2D eigenvalue weighted by molar-refractivity contribution is 9.10. The second-order valence-corrected chi connectivity index (χ2v) is 10.8. The van der Waals surface area contributed by atoms with Gasteiger partial charge in [-0.05, 0) is 98.7 Å². The molecule has 0 bridgehead atoms. The number of anilines is 2. The summed E-state index contributed by atoms with van der Waals surface area (Å²) in [6, 6.07) is 22.4. The zero-order valence-corrected chi connectivity index (χ0v) is 24.2. The van der Waals surface area contributed by atoms with Gasteiger partial charge in [0.05, 0.1) is 17.8 Å². The number of amides is 1. The summed E-state index contributed by atoms with van der Waals surface area (Å²) in [5, 5.41) is 7.18. The summed E-state index contributed by atoms with van der Waals surface area (Å²) in [4.78, 5) is 18.9. The zero-order chi connectivity index (χ0) is 27.0. The normalized spacial score (nSPS) is 17.0. The zero-order valence-electron chi connectivity index (χ0n) is 21.8. The minimum Gasteiger partial charge on any atom is -0.351 e. The van der Waals surface area contributed by atoms with Gasteiger partial charge in [0.25, 0.3) is 0 Å². The van der Waals surface area contributed by atoms with E-state index in [4.69, 9.17) is 17.2 Å². The molecule has 1 fully saturated rings.